The highest BCUT2D eigenvalue weighted by molar-refractivity contribution is 6.00. The van der Waals surface area contributed by atoms with Crippen molar-refractivity contribution < 1.29 is 9.18 Å². The zero-order valence-electron chi connectivity index (χ0n) is 12.3. The van der Waals surface area contributed by atoms with Crippen LogP contribution in [0.2, 0.25) is 0 Å². The summed E-state index contributed by atoms with van der Waals surface area (Å²) < 4.78 is 15.1. The summed E-state index contributed by atoms with van der Waals surface area (Å²) in [6, 6.07) is 8.59. The Morgan fingerprint density at radius 1 is 1.29 bits per heavy atom. The molecule has 2 aromatic rings. The topological polar surface area (TPSA) is 34.0 Å². The first-order valence-corrected chi connectivity index (χ1v) is 7.27. The third-order valence-electron chi connectivity index (χ3n) is 3.99. The van der Waals surface area contributed by atoms with Crippen molar-refractivity contribution >= 4 is 11.5 Å². The molecule has 110 valence electrons. The fourth-order valence-electron chi connectivity index (χ4n) is 2.80. The Balaban J connectivity index is 1.71. The molecule has 1 saturated carbocycles. The molecule has 0 saturated heterocycles. The maximum atomic E-state index is 12.8. The van der Waals surface area contributed by atoms with Gasteiger partial charge in [-0.05, 0) is 57.0 Å². The first-order valence-electron chi connectivity index (χ1n) is 7.27. The lowest BCUT2D eigenvalue weighted by atomic mass is 10.1. The summed E-state index contributed by atoms with van der Waals surface area (Å²) in [4.78, 5) is 12.4. The number of aryl methyl sites for hydroxylation is 1. The SMILES string of the molecule is Cc1cc(C(=O)CNc2ccc(F)cc2)c(C)n1C1CC1. The van der Waals surface area contributed by atoms with Gasteiger partial charge in [0.25, 0.3) is 0 Å². The summed E-state index contributed by atoms with van der Waals surface area (Å²) in [6.07, 6.45) is 2.41. The van der Waals surface area contributed by atoms with E-state index in [2.05, 4.69) is 16.8 Å². The van der Waals surface area contributed by atoms with E-state index in [0.29, 0.717) is 6.04 Å². The highest BCUT2D eigenvalue weighted by atomic mass is 19.1. The summed E-state index contributed by atoms with van der Waals surface area (Å²) >= 11 is 0. The minimum Gasteiger partial charge on any atom is -0.378 e. The van der Waals surface area contributed by atoms with Crippen LogP contribution in [0.15, 0.2) is 30.3 Å². The van der Waals surface area contributed by atoms with Gasteiger partial charge in [0.1, 0.15) is 5.82 Å². The Kier molecular flexibility index (Phi) is 3.53. The van der Waals surface area contributed by atoms with Crippen molar-refractivity contribution in [3.8, 4) is 0 Å². The second kappa shape index (κ2) is 5.35. The Morgan fingerprint density at radius 3 is 2.57 bits per heavy atom. The molecule has 0 bridgehead atoms. The lowest BCUT2D eigenvalue weighted by Crippen LogP contribution is -2.15. The molecular formula is C17H19FN2O. The summed E-state index contributed by atoms with van der Waals surface area (Å²) in [7, 11) is 0. The van der Waals surface area contributed by atoms with E-state index in [1.807, 2.05) is 13.0 Å². The van der Waals surface area contributed by atoms with E-state index in [9.17, 15) is 9.18 Å². The minimum atomic E-state index is -0.278. The van der Waals surface area contributed by atoms with Crippen LogP contribution < -0.4 is 5.32 Å². The number of anilines is 1. The smallest absolute Gasteiger partial charge is 0.183 e. The molecule has 0 amide bonds. The molecular weight excluding hydrogens is 267 g/mol. The Morgan fingerprint density at radius 2 is 1.95 bits per heavy atom. The Labute approximate surface area is 123 Å². The van der Waals surface area contributed by atoms with Crippen LogP contribution in [0.1, 0.15) is 40.6 Å². The number of aromatic nitrogens is 1. The van der Waals surface area contributed by atoms with Crippen LogP contribution in [0.4, 0.5) is 10.1 Å². The second-order valence-electron chi connectivity index (χ2n) is 5.67. The van der Waals surface area contributed by atoms with E-state index in [1.165, 1.54) is 25.0 Å². The van der Waals surface area contributed by atoms with Gasteiger partial charge in [0.05, 0.1) is 6.54 Å². The van der Waals surface area contributed by atoms with Crippen molar-refractivity contribution in [2.45, 2.75) is 32.7 Å². The maximum Gasteiger partial charge on any atom is 0.183 e. The summed E-state index contributed by atoms with van der Waals surface area (Å²) in [6.45, 7) is 4.28. The van der Waals surface area contributed by atoms with Gasteiger partial charge in [-0.2, -0.15) is 0 Å². The Bertz CT molecular complexity index is 669. The number of ketones is 1. The fraction of sp³-hybridized carbons (Fsp3) is 0.353. The van der Waals surface area contributed by atoms with E-state index in [4.69, 9.17) is 0 Å². The number of hydrogen-bond acceptors (Lipinski definition) is 2. The van der Waals surface area contributed by atoms with E-state index < -0.39 is 0 Å². The van der Waals surface area contributed by atoms with Crippen molar-refractivity contribution in [1.82, 2.24) is 4.57 Å². The quantitative estimate of drug-likeness (QED) is 0.846. The standard InChI is InChI=1S/C17H19FN2O/c1-11-9-16(12(2)20(11)15-7-8-15)17(21)10-19-14-5-3-13(18)4-6-14/h3-6,9,15,19H,7-8,10H2,1-2H3. The van der Waals surface area contributed by atoms with Gasteiger partial charge in [0.2, 0.25) is 0 Å². The molecule has 1 aromatic heterocycles. The molecule has 1 heterocycles. The number of Topliss-reactive ketones (excluding diaryl/α,β-unsaturated/α-hetero) is 1. The van der Waals surface area contributed by atoms with Crippen LogP contribution in [-0.4, -0.2) is 16.9 Å². The number of benzene rings is 1. The van der Waals surface area contributed by atoms with Gasteiger partial charge in [-0.25, -0.2) is 4.39 Å². The number of carbonyl (C=O) groups excluding carboxylic acids is 1. The molecule has 1 aliphatic rings. The maximum absolute atomic E-state index is 12.8. The van der Waals surface area contributed by atoms with Crippen molar-refractivity contribution in [2.24, 2.45) is 0 Å². The van der Waals surface area contributed by atoms with Crippen LogP contribution in [0, 0.1) is 19.7 Å². The average molecular weight is 286 g/mol. The number of hydrogen-bond donors (Lipinski definition) is 1. The van der Waals surface area contributed by atoms with Gasteiger partial charge < -0.3 is 9.88 Å². The van der Waals surface area contributed by atoms with Gasteiger partial charge in [-0.1, -0.05) is 0 Å². The van der Waals surface area contributed by atoms with E-state index in [1.54, 1.807) is 12.1 Å². The van der Waals surface area contributed by atoms with Gasteiger partial charge >= 0.3 is 0 Å². The van der Waals surface area contributed by atoms with Crippen LogP contribution >= 0.6 is 0 Å². The number of halogens is 1. The summed E-state index contributed by atoms with van der Waals surface area (Å²) in [5, 5.41) is 3.05. The molecule has 4 heteroatoms. The normalized spacial score (nSPS) is 14.2. The first kappa shape index (κ1) is 13.9. The molecule has 0 spiro atoms. The molecule has 1 aromatic carbocycles. The summed E-state index contributed by atoms with van der Waals surface area (Å²) in [5.41, 5.74) is 3.75. The largest absolute Gasteiger partial charge is 0.378 e. The monoisotopic (exact) mass is 286 g/mol. The predicted molar refractivity (Wildman–Crippen MR) is 81.4 cm³/mol. The Hall–Kier alpha value is -2.10. The molecule has 0 aliphatic heterocycles. The molecule has 3 rings (SSSR count). The molecule has 1 N–H and O–H groups in total. The molecule has 1 aliphatic carbocycles. The van der Waals surface area contributed by atoms with E-state index >= 15 is 0 Å². The van der Waals surface area contributed by atoms with Crippen molar-refractivity contribution in [1.29, 1.82) is 0 Å². The van der Waals surface area contributed by atoms with Crippen molar-refractivity contribution in [2.75, 3.05) is 11.9 Å². The van der Waals surface area contributed by atoms with E-state index in [-0.39, 0.29) is 18.1 Å². The molecule has 3 nitrogen and oxygen atoms in total. The molecule has 0 atom stereocenters. The van der Waals surface area contributed by atoms with Gasteiger partial charge in [-0.15, -0.1) is 0 Å². The number of nitrogens with zero attached hydrogens (tertiary/aromatic N) is 1. The minimum absolute atomic E-state index is 0.0688. The van der Waals surface area contributed by atoms with E-state index in [0.717, 1.165) is 22.6 Å². The van der Waals surface area contributed by atoms with Crippen LogP contribution in [0.5, 0.6) is 0 Å². The van der Waals surface area contributed by atoms with Gasteiger partial charge in [0, 0.05) is 28.7 Å². The van der Waals surface area contributed by atoms with Crippen molar-refractivity contribution in [3.05, 3.63) is 53.1 Å². The molecule has 0 unspecified atom stereocenters. The van der Waals surface area contributed by atoms with Crippen LogP contribution in [0.25, 0.3) is 0 Å². The molecule has 21 heavy (non-hydrogen) atoms. The first-order chi connectivity index (χ1) is 10.1. The molecule has 0 radical (unpaired) electrons. The van der Waals surface area contributed by atoms with Gasteiger partial charge in [0.15, 0.2) is 5.78 Å². The number of nitrogens with one attached hydrogen (secondary N) is 1. The zero-order valence-corrected chi connectivity index (χ0v) is 12.3. The number of rotatable bonds is 5. The lowest BCUT2D eigenvalue weighted by molar-refractivity contribution is 0.101. The van der Waals surface area contributed by atoms with Crippen LogP contribution in [-0.2, 0) is 0 Å². The second-order valence-corrected chi connectivity index (χ2v) is 5.67. The summed E-state index contributed by atoms with van der Waals surface area (Å²) in [5.74, 6) is -0.209. The average Bonchev–Trinajstić information content (AvgIpc) is 3.24. The fourth-order valence-corrected chi connectivity index (χ4v) is 2.80. The zero-order chi connectivity index (χ0) is 15.0. The lowest BCUT2D eigenvalue weighted by Gasteiger charge is -2.08. The molecule has 1 fully saturated rings. The third kappa shape index (κ3) is 2.84. The number of carbonyl (C=O) groups is 1. The highest BCUT2D eigenvalue weighted by Gasteiger charge is 2.28. The van der Waals surface area contributed by atoms with Crippen LogP contribution in [0.3, 0.4) is 0 Å². The van der Waals surface area contributed by atoms with Gasteiger partial charge in [-0.3, -0.25) is 4.79 Å². The highest BCUT2D eigenvalue weighted by Crippen LogP contribution is 2.38. The van der Waals surface area contributed by atoms with Crippen molar-refractivity contribution in [3.63, 3.8) is 0 Å². The third-order valence-corrected chi connectivity index (χ3v) is 3.99. The predicted octanol–water partition coefficient (Wildman–Crippen LogP) is 3.87.